The fourth-order valence-electron chi connectivity index (χ4n) is 3.67. The van der Waals surface area contributed by atoms with Crippen molar-refractivity contribution in [1.82, 2.24) is 0 Å². The van der Waals surface area contributed by atoms with E-state index in [9.17, 15) is 14.4 Å². The van der Waals surface area contributed by atoms with Crippen LogP contribution < -0.4 is 0 Å². The van der Waals surface area contributed by atoms with Crippen LogP contribution >= 0.6 is 11.6 Å². The lowest BCUT2D eigenvalue weighted by atomic mass is 9.96. The lowest BCUT2D eigenvalue weighted by Crippen LogP contribution is -2.49. The quantitative estimate of drug-likeness (QED) is 0.465. The van der Waals surface area contributed by atoms with E-state index in [1.807, 2.05) is 0 Å². The first-order valence-electron chi connectivity index (χ1n) is 8.07. The van der Waals surface area contributed by atoms with Gasteiger partial charge in [-0.15, -0.1) is 0 Å². The molecule has 0 bridgehead atoms. The van der Waals surface area contributed by atoms with Gasteiger partial charge in [-0.2, -0.15) is 0 Å². The molecule has 2 aliphatic rings. The maximum Gasteiger partial charge on any atom is 0.328 e. The summed E-state index contributed by atoms with van der Waals surface area (Å²) in [4.78, 5) is 38.5. The Balaban J connectivity index is 1.80. The Hall–Kier alpha value is -2.60. The number of Topliss-reactive ketones (excluding diaryl/α,β-unsaturated/α-hetero) is 1. The highest BCUT2D eigenvalue weighted by molar-refractivity contribution is 6.30. The van der Waals surface area contributed by atoms with Crippen LogP contribution in [0.3, 0.4) is 0 Å². The van der Waals surface area contributed by atoms with E-state index in [0.717, 1.165) is 0 Å². The van der Waals surface area contributed by atoms with E-state index in [4.69, 9.17) is 25.5 Å². The van der Waals surface area contributed by atoms with E-state index in [-0.39, 0.29) is 5.76 Å². The molecular weight excluding hydrogens is 360 g/mol. The van der Waals surface area contributed by atoms with Gasteiger partial charge in [0.15, 0.2) is 11.2 Å². The number of carbonyl (C=O) groups is 3. The Morgan fingerprint density at radius 3 is 2.19 bits per heavy atom. The molecule has 1 aliphatic carbocycles. The number of ether oxygens (including phenoxy) is 2. The average Bonchev–Trinajstić information content (AvgIpc) is 2.95. The summed E-state index contributed by atoms with van der Waals surface area (Å²) >= 11 is 5.92. The Morgan fingerprint density at radius 2 is 1.65 bits per heavy atom. The molecular formula is C19H15ClO6. The molecule has 134 valence electrons. The normalized spacial score (nSPS) is 25.5. The Morgan fingerprint density at radius 1 is 1.04 bits per heavy atom. The summed E-state index contributed by atoms with van der Waals surface area (Å²) in [5.74, 6) is -4.91. The predicted molar refractivity (Wildman–Crippen MR) is 89.4 cm³/mol. The number of halogens is 1. The number of hydrogen-bond acceptors (Lipinski definition) is 6. The molecule has 1 spiro atoms. The number of rotatable bonds is 3. The minimum Gasteiger partial charge on any atom is -0.461 e. The summed E-state index contributed by atoms with van der Waals surface area (Å²) in [5, 5.41) is 0.507. The highest BCUT2D eigenvalue weighted by Gasteiger charge is 2.82. The molecule has 6 nitrogen and oxygen atoms in total. The van der Waals surface area contributed by atoms with Gasteiger partial charge in [0.2, 0.25) is 5.78 Å². The van der Waals surface area contributed by atoms with Crippen molar-refractivity contribution < 1.29 is 28.3 Å². The van der Waals surface area contributed by atoms with Gasteiger partial charge in [-0.3, -0.25) is 14.4 Å². The van der Waals surface area contributed by atoms with Crippen molar-refractivity contribution in [2.45, 2.75) is 25.6 Å². The lowest BCUT2D eigenvalue weighted by molar-refractivity contribution is -0.243. The van der Waals surface area contributed by atoms with Gasteiger partial charge in [-0.25, -0.2) is 0 Å². The molecule has 7 heteroatoms. The van der Waals surface area contributed by atoms with Gasteiger partial charge in [0.25, 0.3) is 5.79 Å². The summed E-state index contributed by atoms with van der Waals surface area (Å²) in [6.07, 6.45) is 1.36. The van der Waals surface area contributed by atoms with Gasteiger partial charge >= 0.3 is 11.9 Å². The standard InChI is InChI=1S/C19H15ClO6/c1-18(2)25-16(22)19(17(23)26-18)13(10-5-7-11(20)8-6-10)14(19)15(21)12-4-3-9-24-12/h3-9,13-14H,1-2H3/t13-,14+/m1/s1. The zero-order valence-corrected chi connectivity index (χ0v) is 14.8. The first-order chi connectivity index (χ1) is 12.3. The van der Waals surface area contributed by atoms with Crippen molar-refractivity contribution in [2.24, 2.45) is 11.3 Å². The van der Waals surface area contributed by atoms with Crippen LogP contribution in [0.1, 0.15) is 35.9 Å². The summed E-state index contributed by atoms with van der Waals surface area (Å²) in [7, 11) is 0. The van der Waals surface area contributed by atoms with Gasteiger partial charge < -0.3 is 13.9 Å². The molecule has 0 unspecified atom stereocenters. The Labute approximate surface area is 154 Å². The molecule has 2 heterocycles. The third-order valence-electron chi connectivity index (χ3n) is 4.83. The minimum absolute atomic E-state index is 0.0799. The van der Waals surface area contributed by atoms with Crippen LogP contribution in [-0.2, 0) is 19.1 Å². The summed E-state index contributed by atoms with van der Waals surface area (Å²) in [5.41, 5.74) is -1.07. The second-order valence-electron chi connectivity index (χ2n) is 6.90. The SMILES string of the molecule is CC1(C)OC(=O)C2(C(=O)O1)[C@H](C(=O)c1ccco1)[C@H]2c1ccc(Cl)cc1. The Kier molecular flexibility index (Phi) is 3.53. The van der Waals surface area contributed by atoms with Crippen molar-refractivity contribution in [2.75, 3.05) is 0 Å². The second kappa shape index (κ2) is 5.45. The molecule has 0 amide bonds. The van der Waals surface area contributed by atoms with Gasteiger partial charge in [0.1, 0.15) is 0 Å². The third kappa shape index (κ3) is 2.29. The smallest absolute Gasteiger partial charge is 0.328 e. The fourth-order valence-corrected chi connectivity index (χ4v) is 3.80. The maximum absolute atomic E-state index is 12.9. The van der Waals surface area contributed by atoms with Crippen LogP contribution in [0.15, 0.2) is 47.1 Å². The lowest BCUT2D eigenvalue weighted by Gasteiger charge is -2.33. The van der Waals surface area contributed by atoms with Gasteiger partial charge in [-0.05, 0) is 29.8 Å². The van der Waals surface area contributed by atoms with Gasteiger partial charge in [0, 0.05) is 24.8 Å². The zero-order valence-electron chi connectivity index (χ0n) is 14.0. The van der Waals surface area contributed by atoms with Crippen molar-refractivity contribution >= 4 is 29.3 Å². The molecule has 4 rings (SSSR count). The van der Waals surface area contributed by atoms with E-state index in [1.54, 1.807) is 30.3 Å². The van der Waals surface area contributed by atoms with Crippen LogP contribution in [0.2, 0.25) is 5.02 Å². The Bertz CT molecular complexity index is 877. The topological polar surface area (TPSA) is 82.8 Å². The van der Waals surface area contributed by atoms with Gasteiger partial charge in [-0.1, -0.05) is 23.7 Å². The van der Waals surface area contributed by atoms with Crippen molar-refractivity contribution in [3.8, 4) is 0 Å². The molecule has 2 atom stereocenters. The third-order valence-corrected chi connectivity index (χ3v) is 5.09. The number of esters is 2. The molecule has 1 aliphatic heterocycles. The molecule has 1 aromatic carbocycles. The maximum atomic E-state index is 12.9. The largest absolute Gasteiger partial charge is 0.461 e. The van der Waals surface area contributed by atoms with Crippen LogP contribution in [0.25, 0.3) is 0 Å². The van der Waals surface area contributed by atoms with E-state index in [1.165, 1.54) is 26.2 Å². The highest BCUT2D eigenvalue weighted by Crippen LogP contribution is 2.68. The molecule has 1 aromatic heterocycles. The molecule has 1 saturated carbocycles. The van der Waals surface area contributed by atoms with Crippen molar-refractivity contribution in [1.29, 1.82) is 0 Å². The first-order valence-corrected chi connectivity index (χ1v) is 8.45. The van der Waals surface area contributed by atoms with E-state index >= 15 is 0 Å². The van der Waals surface area contributed by atoms with Crippen LogP contribution in [0.5, 0.6) is 0 Å². The van der Waals surface area contributed by atoms with Crippen LogP contribution in [0, 0.1) is 11.3 Å². The molecule has 2 fully saturated rings. The summed E-state index contributed by atoms with van der Waals surface area (Å²) in [6, 6.07) is 9.72. The number of furan rings is 1. The van der Waals surface area contributed by atoms with Crippen molar-refractivity contribution in [3.05, 3.63) is 59.0 Å². The fraction of sp³-hybridized carbons (Fsp3) is 0.316. The number of hydrogen-bond donors (Lipinski definition) is 0. The summed E-state index contributed by atoms with van der Waals surface area (Å²) in [6.45, 7) is 2.94. The van der Waals surface area contributed by atoms with Gasteiger partial charge in [0.05, 0.1) is 12.2 Å². The first kappa shape index (κ1) is 16.8. The average molecular weight is 375 g/mol. The number of ketones is 1. The molecule has 0 N–H and O–H groups in total. The molecule has 26 heavy (non-hydrogen) atoms. The zero-order chi connectivity index (χ0) is 18.7. The minimum atomic E-state index is -1.70. The van der Waals surface area contributed by atoms with E-state index in [0.29, 0.717) is 10.6 Å². The summed E-state index contributed by atoms with van der Waals surface area (Å²) < 4.78 is 15.8. The number of carbonyl (C=O) groups excluding carboxylic acids is 3. The number of benzene rings is 1. The molecule has 0 radical (unpaired) electrons. The van der Waals surface area contributed by atoms with Crippen molar-refractivity contribution in [3.63, 3.8) is 0 Å². The highest BCUT2D eigenvalue weighted by atomic mass is 35.5. The monoisotopic (exact) mass is 374 g/mol. The number of cyclic esters (lactones) is 2. The molecule has 2 aromatic rings. The van der Waals surface area contributed by atoms with E-state index < -0.39 is 40.8 Å². The second-order valence-corrected chi connectivity index (χ2v) is 7.33. The molecule has 1 saturated heterocycles. The van der Waals surface area contributed by atoms with E-state index in [2.05, 4.69) is 0 Å². The van der Waals surface area contributed by atoms with Crippen LogP contribution in [0.4, 0.5) is 0 Å². The van der Waals surface area contributed by atoms with Crippen LogP contribution in [-0.4, -0.2) is 23.5 Å². The predicted octanol–water partition coefficient (Wildman–Crippen LogP) is 3.35.